The number of para-hydroxylation sites is 2. The Morgan fingerprint density at radius 1 is 0.964 bits per heavy atom. The molecule has 1 aliphatic heterocycles. The predicted octanol–water partition coefficient (Wildman–Crippen LogP) is 4.26. The highest BCUT2D eigenvalue weighted by molar-refractivity contribution is 6.11. The van der Waals surface area contributed by atoms with Crippen molar-refractivity contribution in [2.75, 3.05) is 4.90 Å². The van der Waals surface area contributed by atoms with E-state index in [0.29, 0.717) is 17.7 Å². The van der Waals surface area contributed by atoms with Gasteiger partial charge in [0.1, 0.15) is 0 Å². The summed E-state index contributed by atoms with van der Waals surface area (Å²) in [7, 11) is 0. The number of aromatic amines is 1. The van der Waals surface area contributed by atoms with Crippen molar-refractivity contribution in [3.63, 3.8) is 0 Å². The molecule has 1 amide bonds. The average Bonchev–Trinajstić information content (AvgIpc) is 3.23. The molecule has 0 spiro atoms. The Labute approximate surface area is 163 Å². The van der Waals surface area contributed by atoms with Crippen LogP contribution in [0.4, 0.5) is 5.69 Å². The SMILES string of the molecule is Cc1cccc(CN2C(=O)[C@](O)(c3c[nH]c4ccccc34)c3ccccc32)c1. The van der Waals surface area contributed by atoms with Gasteiger partial charge in [-0.25, -0.2) is 0 Å². The van der Waals surface area contributed by atoms with Crippen molar-refractivity contribution in [3.8, 4) is 0 Å². The fourth-order valence-electron chi connectivity index (χ4n) is 4.22. The van der Waals surface area contributed by atoms with Crippen molar-refractivity contribution in [2.24, 2.45) is 0 Å². The number of nitrogens with zero attached hydrogens (tertiary/aromatic N) is 1. The second kappa shape index (κ2) is 6.08. The maximum atomic E-state index is 13.6. The summed E-state index contributed by atoms with van der Waals surface area (Å²) in [6.45, 7) is 2.45. The van der Waals surface area contributed by atoms with Gasteiger partial charge in [0.15, 0.2) is 5.60 Å². The third-order valence-corrected chi connectivity index (χ3v) is 5.54. The van der Waals surface area contributed by atoms with Gasteiger partial charge < -0.3 is 15.0 Å². The molecular weight excluding hydrogens is 348 g/mol. The molecule has 4 nitrogen and oxygen atoms in total. The standard InChI is InChI=1S/C24H20N2O2/c1-16-7-6-8-17(13-16)15-26-22-12-5-3-10-19(22)24(28,23(26)27)20-14-25-21-11-4-2-9-18(20)21/h2-14,25,28H,15H2,1H3/t24-/m1/s1. The van der Waals surface area contributed by atoms with Gasteiger partial charge in [-0.15, -0.1) is 0 Å². The van der Waals surface area contributed by atoms with Crippen LogP contribution in [0.5, 0.6) is 0 Å². The Kier molecular flexibility index (Phi) is 3.64. The zero-order chi connectivity index (χ0) is 19.3. The summed E-state index contributed by atoms with van der Waals surface area (Å²) < 4.78 is 0. The number of aromatic nitrogens is 1. The van der Waals surface area contributed by atoms with Crippen LogP contribution in [0.2, 0.25) is 0 Å². The Bertz CT molecular complexity index is 1210. The van der Waals surface area contributed by atoms with Gasteiger partial charge in [-0.1, -0.05) is 66.2 Å². The van der Waals surface area contributed by atoms with E-state index in [9.17, 15) is 9.90 Å². The molecule has 1 aliphatic rings. The summed E-state index contributed by atoms with van der Waals surface area (Å²) in [5.41, 5.74) is 3.33. The first kappa shape index (κ1) is 16.8. The van der Waals surface area contributed by atoms with E-state index < -0.39 is 5.60 Å². The number of aryl methyl sites for hydroxylation is 1. The van der Waals surface area contributed by atoms with Gasteiger partial charge in [0.2, 0.25) is 0 Å². The molecule has 0 aliphatic carbocycles. The van der Waals surface area contributed by atoms with E-state index >= 15 is 0 Å². The highest BCUT2D eigenvalue weighted by Gasteiger charge is 2.51. The number of anilines is 1. The first-order chi connectivity index (χ1) is 13.6. The molecule has 1 atom stereocenters. The second-order valence-corrected chi connectivity index (χ2v) is 7.36. The van der Waals surface area contributed by atoms with E-state index in [0.717, 1.165) is 27.7 Å². The molecule has 0 saturated carbocycles. The van der Waals surface area contributed by atoms with Crippen molar-refractivity contribution in [3.05, 3.63) is 101 Å². The Balaban J connectivity index is 1.67. The number of rotatable bonds is 3. The lowest BCUT2D eigenvalue weighted by atomic mass is 9.87. The maximum absolute atomic E-state index is 13.6. The molecule has 138 valence electrons. The zero-order valence-corrected chi connectivity index (χ0v) is 15.5. The number of H-pyrrole nitrogens is 1. The minimum absolute atomic E-state index is 0.319. The number of carbonyl (C=O) groups excluding carboxylic acids is 1. The molecule has 2 heterocycles. The van der Waals surface area contributed by atoms with Crippen molar-refractivity contribution in [2.45, 2.75) is 19.1 Å². The first-order valence-corrected chi connectivity index (χ1v) is 9.35. The smallest absolute Gasteiger partial charge is 0.268 e. The molecule has 0 fully saturated rings. The summed E-state index contributed by atoms with van der Waals surface area (Å²) >= 11 is 0. The van der Waals surface area contributed by atoms with Gasteiger partial charge in [-0.05, 0) is 24.6 Å². The lowest BCUT2D eigenvalue weighted by Crippen LogP contribution is -2.40. The largest absolute Gasteiger partial charge is 0.372 e. The molecule has 3 aromatic carbocycles. The van der Waals surface area contributed by atoms with Crippen LogP contribution in [0, 0.1) is 6.92 Å². The van der Waals surface area contributed by atoms with E-state index in [1.165, 1.54) is 0 Å². The van der Waals surface area contributed by atoms with Gasteiger partial charge in [0.05, 0.1) is 12.2 Å². The first-order valence-electron chi connectivity index (χ1n) is 9.35. The van der Waals surface area contributed by atoms with E-state index in [2.05, 4.69) is 11.1 Å². The van der Waals surface area contributed by atoms with E-state index in [4.69, 9.17) is 0 Å². The van der Waals surface area contributed by atoms with Crippen LogP contribution in [0.15, 0.2) is 79.0 Å². The number of benzene rings is 3. The number of hydrogen-bond donors (Lipinski definition) is 2. The molecule has 1 aromatic heterocycles. The number of aliphatic hydroxyl groups is 1. The molecule has 0 saturated heterocycles. The van der Waals surface area contributed by atoms with Gasteiger partial charge in [-0.2, -0.15) is 0 Å². The van der Waals surface area contributed by atoms with Crippen molar-refractivity contribution >= 4 is 22.5 Å². The normalized spacial score (nSPS) is 18.6. The lowest BCUT2D eigenvalue weighted by molar-refractivity contribution is -0.132. The summed E-state index contributed by atoms with van der Waals surface area (Å²) in [5, 5.41) is 12.6. The van der Waals surface area contributed by atoms with Gasteiger partial charge in [0, 0.05) is 28.2 Å². The van der Waals surface area contributed by atoms with Crippen molar-refractivity contribution < 1.29 is 9.90 Å². The molecule has 4 heteroatoms. The molecule has 4 aromatic rings. The average molecular weight is 368 g/mol. The topological polar surface area (TPSA) is 56.3 Å². The van der Waals surface area contributed by atoms with Crippen LogP contribution in [0.1, 0.15) is 22.3 Å². The molecule has 2 N–H and O–H groups in total. The minimum atomic E-state index is -1.71. The van der Waals surface area contributed by atoms with Gasteiger partial charge in [-0.3, -0.25) is 4.79 Å². The Morgan fingerprint density at radius 2 is 1.75 bits per heavy atom. The van der Waals surface area contributed by atoms with Crippen LogP contribution in [0.25, 0.3) is 10.9 Å². The van der Waals surface area contributed by atoms with E-state index in [1.54, 1.807) is 11.1 Å². The summed E-state index contributed by atoms with van der Waals surface area (Å²) in [4.78, 5) is 18.4. The van der Waals surface area contributed by atoms with Crippen LogP contribution < -0.4 is 4.90 Å². The van der Waals surface area contributed by atoms with E-state index in [1.807, 2.05) is 73.7 Å². The fraction of sp³-hybridized carbons (Fsp3) is 0.125. The Hall–Kier alpha value is -3.37. The number of hydrogen-bond acceptors (Lipinski definition) is 2. The molecule has 0 unspecified atom stereocenters. The number of nitrogens with one attached hydrogen (secondary N) is 1. The van der Waals surface area contributed by atoms with E-state index in [-0.39, 0.29) is 5.91 Å². The van der Waals surface area contributed by atoms with Gasteiger partial charge >= 0.3 is 0 Å². The van der Waals surface area contributed by atoms with Crippen LogP contribution in [-0.4, -0.2) is 16.0 Å². The van der Waals surface area contributed by atoms with Crippen LogP contribution in [0.3, 0.4) is 0 Å². The van der Waals surface area contributed by atoms with Crippen LogP contribution >= 0.6 is 0 Å². The molecule has 0 bridgehead atoms. The minimum Gasteiger partial charge on any atom is -0.372 e. The fourth-order valence-corrected chi connectivity index (χ4v) is 4.22. The van der Waals surface area contributed by atoms with Crippen LogP contribution in [-0.2, 0) is 16.9 Å². The Morgan fingerprint density at radius 3 is 2.61 bits per heavy atom. The lowest BCUT2D eigenvalue weighted by Gasteiger charge is -2.23. The molecule has 0 radical (unpaired) electrons. The predicted molar refractivity (Wildman–Crippen MR) is 110 cm³/mol. The van der Waals surface area contributed by atoms with Crippen molar-refractivity contribution in [1.82, 2.24) is 4.98 Å². The zero-order valence-electron chi connectivity index (χ0n) is 15.5. The summed E-state index contributed by atoms with van der Waals surface area (Å²) in [6.07, 6.45) is 1.75. The molecular formula is C24H20N2O2. The monoisotopic (exact) mass is 368 g/mol. The second-order valence-electron chi connectivity index (χ2n) is 7.36. The highest BCUT2D eigenvalue weighted by atomic mass is 16.3. The molecule has 5 rings (SSSR count). The quantitative estimate of drug-likeness (QED) is 0.568. The number of amides is 1. The third kappa shape index (κ3) is 2.31. The van der Waals surface area contributed by atoms with Crippen molar-refractivity contribution in [1.29, 1.82) is 0 Å². The number of fused-ring (bicyclic) bond motifs is 2. The third-order valence-electron chi connectivity index (χ3n) is 5.54. The highest BCUT2D eigenvalue weighted by Crippen LogP contribution is 2.46. The molecule has 28 heavy (non-hydrogen) atoms. The maximum Gasteiger partial charge on any atom is 0.268 e. The summed E-state index contributed by atoms with van der Waals surface area (Å²) in [5.74, 6) is -0.319. The number of carbonyl (C=O) groups is 1. The summed E-state index contributed by atoms with van der Waals surface area (Å²) in [6, 6.07) is 23.3. The van der Waals surface area contributed by atoms with Gasteiger partial charge in [0.25, 0.3) is 5.91 Å².